The zero-order valence-corrected chi connectivity index (χ0v) is 15.4. The van der Waals surface area contributed by atoms with Crippen LogP contribution in [0.15, 0.2) is 18.2 Å². The summed E-state index contributed by atoms with van der Waals surface area (Å²) in [4.78, 5) is 37.9. The van der Waals surface area contributed by atoms with Gasteiger partial charge < -0.3 is 16.0 Å². The first kappa shape index (κ1) is 18.1. The summed E-state index contributed by atoms with van der Waals surface area (Å²) in [7, 11) is 0. The molecule has 0 bridgehead atoms. The number of nitrogens with two attached hydrogens (primary N) is 1. The Bertz CT molecular complexity index is 785. The van der Waals surface area contributed by atoms with Crippen molar-refractivity contribution in [3.63, 3.8) is 0 Å². The van der Waals surface area contributed by atoms with Crippen molar-refractivity contribution in [3.05, 3.63) is 34.9 Å². The third kappa shape index (κ3) is 3.61. The number of hydrogen-bond acceptors (Lipinski definition) is 5. The second kappa shape index (κ2) is 7.05. The van der Waals surface area contributed by atoms with Crippen molar-refractivity contribution >= 4 is 17.7 Å². The molecule has 7 heteroatoms. The third-order valence-electron chi connectivity index (χ3n) is 6.00. The summed E-state index contributed by atoms with van der Waals surface area (Å²) in [6.07, 6.45) is 5.17. The summed E-state index contributed by atoms with van der Waals surface area (Å²) >= 11 is 0. The van der Waals surface area contributed by atoms with Crippen LogP contribution in [-0.4, -0.2) is 40.7 Å². The van der Waals surface area contributed by atoms with Gasteiger partial charge in [-0.25, -0.2) is 0 Å². The number of imide groups is 1. The van der Waals surface area contributed by atoms with Gasteiger partial charge in [0, 0.05) is 37.2 Å². The highest BCUT2D eigenvalue weighted by molar-refractivity contribution is 6.05. The monoisotopic (exact) mass is 370 g/mol. The number of fused-ring (bicyclic) bond motifs is 1. The summed E-state index contributed by atoms with van der Waals surface area (Å²) < 4.78 is 0. The van der Waals surface area contributed by atoms with E-state index >= 15 is 0 Å². The van der Waals surface area contributed by atoms with E-state index in [2.05, 4.69) is 10.6 Å². The highest BCUT2D eigenvalue weighted by Gasteiger charge is 2.39. The van der Waals surface area contributed by atoms with Crippen LogP contribution in [0.4, 0.5) is 0 Å². The van der Waals surface area contributed by atoms with Crippen molar-refractivity contribution < 1.29 is 14.4 Å². The Labute approximate surface area is 158 Å². The van der Waals surface area contributed by atoms with E-state index in [4.69, 9.17) is 5.73 Å². The molecule has 1 aliphatic carbocycles. The van der Waals surface area contributed by atoms with Gasteiger partial charge >= 0.3 is 0 Å². The van der Waals surface area contributed by atoms with Gasteiger partial charge in [-0.05, 0) is 36.5 Å². The van der Waals surface area contributed by atoms with Gasteiger partial charge in [-0.15, -0.1) is 0 Å². The van der Waals surface area contributed by atoms with E-state index in [-0.39, 0.29) is 29.7 Å². The van der Waals surface area contributed by atoms with Crippen molar-refractivity contribution in [3.8, 4) is 0 Å². The normalized spacial score (nSPS) is 24.3. The molecule has 27 heavy (non-hydrogen) atoms. The predicted molar refractivity (Wildman–Crippen MR) is 99.6 cm³/mol. The average Bonchev–Trinajstić information content (AvgIpc) is 3.20. The van der Waals surface area contributed by atoms with Crippen LogP contribution in [0.5, 0.6) is 0 Å². The van der Waals surface area contributed by atoms with E-state index in [1.165, 1.54) is 12.8 Å². The number of nitrogens with zero attached hydrogens (tertiary/aromatic N) is 1. The first-order valence-corrected chi connectivity index (χ1v) is 9.71. The Morgan fingerprint density at radius 3 is 2.74 bits per heavy atom. The molecule has 0 aromatic heterocycles. The minimum Gasteiger partial charge on any atom is -0.324 e. The smallest absolute Gasteiger partial charge is 0.255 e. The highest BCUT2D eigenvalue weighted by Crippen LogP contribution is 2.29. The molecule has 3 amide bonds. The molecule has 1 saturated heterocycles. The Hall–Kier alpha value is -2.25. The van der Waals surface area contributed by atoms with Crippen LogP contribution >= 0.6 is 0 Å². The van der Waals surface area contributed by atoms with E-state index < -0.39 is 6.04 Å². The largest absolute Gasteiger partial charge is 0.324 e. The van der Waals surface area contributed by atoms with Crippen LogP contribution in [0, 0.1) is 0 Å². The molecular weight excluding hydrogens is 344 g/mol. The molecule has 2 aliphatic heterocycles. The summed E-state index contributed by atoms with van der Waals surface area (Å²) in [6, 6.07) is 5.33. The third-order valence-corrected chi connectivity index (χ3v) is 6.00. The molecule has 4 N–H and O–H groups in total. The molecule has 1 saturated carbocycles. The van der Waals surface area contributed by atoms with Gasteiger partial charge in [0.1, 0.15) is 6.04 Å². The minimum absolute atomic E-state index is 0.102. The second-order valence-electron chi connectivity index (χ2n) is 8.06. The van der Waals surface area contributed by atoms with Crippen molar-refractivity contribution in [2.75, 3.05) is 6.54 Å². The van der Waals surface area contributed by atoms with Crippen LogP contribution in [0.1, 0.15) is 60.0 Å². The molecule has 1 unspecified atom stereocenters. The standard InChI is InChI=1S/C20H26N4O3/c21-20(7-1-2-8-20)12-22-10-13-3-4-14-11-24(19(27)15(14)9-13)16-5-6-17(25)23-18(16)26/h3-4,9,16,22H,1-2,5-8,10-12,21H2,(H,23,25,26). The maximum Gasteiger partial charge on any atom is 0.255 e. The number of hydrogen-bond donors (Lipinski definition) is 3. The lowest BCUT2D eigenvalue weighted by Gasteiger charge is -2.29. The fraction of sp³-hybridized carbons (Fsp3) is 0.550. The summed E-state index contributed by atoms with van der Waals surface area (Å²) in [6.45, 7) is 1.86. The van der Waals surface area contributed by atoms with Gasteiger partial charge in [-0.3, -0.25) is 19.7 Å². The summed E-state index contributed by atoms with van der Waals surface area (Å²) in [5.74, 6) is -0.778. The number of benzene rings is 1. The Morgan fingerprint density at radius 2 is 2.00 bits per heavy atom. The molecule has 1 aromatic rings. The van der Waals surface area contributed by atoms with Gasteiger partial charge in [0.05, 0.1) is 0 Å². The topological polar surface area (TPSA) is 105 Å². The maximum absolute atomic E-state index is 12.8. The number of amides is 3. The zero-order chi connectivity index (χ0) is 19.0. The van der Waals surface area contributed by atoms with Crippen molar-refractivity contribution in [1.82, 2.24) is 15.5 Å². The van der Waals surface area contributed by atoms with Crippen LogP contribution in [-0.2, 0) is 22.7 Å². The van der Waals surface area contributed by atoms with Gasteiger partial charge in [0.15, 0.2) is 0 Å². The van der Waals surface area contributed by atoms with E-state index in [0.717, 1.165) is 30.5 Å². The molecular formula is C20H26N4O3. The van der Waals surface area contributed by atoms with E-state index in [9.17, 15) is 14.4 Å². The average molecular weight is 370 g/mol. The lowest BCUT2D eigenvalue weighted by atomic mass is 9.99. The number of nitrogens with one attached hydrogen (secondary N) is 2. The van der Waals surface area contributed by atoms with Gasteiger partial charge in [-0.2, -0.15) is 0 Å². The molecule has 7 nitrogen and oxygen atoms in total. The highest BCUT2D eigenvalue weighted by atomic mass is 16.2. The van der Waals surface area contributed by atoms with Gasteiger partial charge in [0.2, 0.25) is 11.8 Å². The quantitative estimate of drug-likeness (QED) is 0.666. The zero-order valence-electron chi connectivity index (χ0n) is 15.4. The lowest BCUT2D eigenvalue weighted by Crippen LogP contribution is -2.52. The fourth-order valence-electron chi connectivity index (χ4n) is 4.42. The second-order valence-corrected chi connectivity index (χ2v) is 8.06. The fourth-order valence-corrected chi connectivity index (χ4v) is 4.42. The van der Waals surface area contributed by atoms with E-state index in [1.54, 1.807) is 4.90 Å². The summed E-state index contributed by atoms with van der Waals surface area (Å²) in [5, 5.41) is 5.75. The Kier molecular flexibility index (Phi) is 4.74. The van der Waals surface area contributed by atoms with E-state index in [1.807, 2.05) is 18.2 Å². The molecule has 144 valence electrons. The first-order valence-electron chi connectivity index (χ1n) is 9.71. The van der Waals surface area contributed by atoms with Crippen LogP contribution in [0.25, 0.3) is 0 Å². The number of piperidine rings is 1. The molecule has 3 aliphatic rings. The summed E-state index contributed by atoms with van der Waals surface area (Å²) in [5.41, 5.74) is 8.89. The van der Waals surface area contributed by atoms with Crippen molar-refractivity contribution in [2.45, 2.75) is 63.2 Å². The van der Waals surface area contributed by atoms with E-state index in [0.29, 0.717) is 25.1 Å². The number of rotatable bonds is 5. The molecule has 1 aromatic carbocycles. The molecule has 2 heterocycles. The predicted octanol–water partition coefficient (Wildman–Crippen LogP) is 0.809. The van der Waals surface area contributed by atoms with Crippen molar-refractivity contribution in [2.24, 2.45) is 5.73 Å². The van der Waals surface area contributed by atoms with Crippen LogP contribution in [0.2, 0.25) is 0 Å². The van der Waals surface area contributed by atoms with Gasteiger partial charge in [0.25, 0.3) is 5.91 Å². The maximum atomic E-state index is 12.8. The SMILES string of the molecule is NC1(CNCc2ccc3c(c2)C(=O)N(C2CCC(=O)NC2=O)C3)CCCC1. The minimum atomic E-state index is -0.566. The molecule has 4 rings (SSSR count). The van der Waals surface area contributed by atoms with Crippen molar-refractivity contribution in [1.29, 1.82) is 0 Å². The molecule has 1 atom stereocenters. The number of carbonyl (C=O) groups excluding carboxylic acids is 3. The lowest BCUT2D eigenvalue weighted by molar-refractivity contribution is -0.136. The Balaban J connectivity index is 1.40. The molecule has 0 spiro atoms. The van der Waals surface area contributed by atoms with Crippen LogP contribution in [0.3, 0.4) is 0 Å². The Morgan fingerprint density at radius 1 is 1.22 bits per heavy atom. The first-order chi connectivity index (χ1) is 13.0. The van der Waals surface area contributed by atoms with Crippen LogP contribution < -0.4 is 16.4 Å². The molecule has 2 fully saturated rings. The van der Waals surface area contributed by atoms with Gasteiger partial charge in [-0.1, -0.05) is 25.0 Å². The molecule has 0 radical (unpaired) electrons. The number of carbonyl (C=O) groups is 3.